The molecule has 0 aliphatic carbocycles. The van der Waals surface area contributed by atoms with Gasteiger partial charge in [0.05, 0.1) is 5.58 Å². The third-order valence-corrected chi connectivity index (χ3v) is 7.25. The molecule has 0 aliphatic heterocycles. The predicted octanol–water partition coefficient (Wildman–Crippen LogP) is 9.75. The maximum atomic E-state index is 6.45. The van der Waals surface area contributed by atoms with Crippen LogP contribution in [0.3, 0.4) is 0 Å². The number of furan rings is 1. The molecule has 217 valence electrons. The van der Waals surface area contributed by atoms with Gasteiger partial charge in [0.15, 0.2) is 0 Å². The Labute approximate surface area is 266 Å². The molecule has 43 heavy (non-hydrogen) atoms. The fraction of sp³-hybridized carbons (Fsp3) is 0.184. The zero-order chi connectivity index (χ0) is 29.3. The van der Waals surface area contributed by atoms with Crippen molar-refractivity contribution >= 4 is 32.7 Å². The van der Waals surface area contributed by atoms with Crippen LogP contribution in [0.25, 0.3) is 55.2 Å². The average Bonchev–Trinajstić information content (AvgIpc) is 3.37. The molecule has 0 aliphatic rings. The fourth-order valence-corrected chi connectivity index (χ4v) is 5.30. The molecule has 0 N–H and O–H groups in total. The Balaban J connectivity index is 0.000000221. The quantitative estimate of drug-likeness (QED) is 0.170. The van der Waals surface area contributed by atoms with Crippen LogP contribution < -0.4 is 0 Å². The summed E-state index contributed by atoms with van der Waals surface area (Å²) >= 11 is 0. The van der Waals surface area contributed by atoms with Crippen LogP contribution in [0.4, 0.5) is 0 Å². The van der Waals surface area contributed by atoms with E-state index in [1.165, 1.54) is 11.1 Å². The molecule has 0 spiro atoms. The van der Waals surface area contributed by atoms with Gasteiger partial charge in [0.2, 0.25) is 0 Å². The number of rotatable bonds is 3. The Morgan fingerprint density at radius 2 is 1.47 bits per heavy atom. The summed E-state index contributed by atoms with van der Waals surface area (Å²) < 4.78 is 6.45. The summed E-state index contributed by atoms with van der Waals surface area (Å²) in [7, 11) is 0. The van der Waals surface area contributed by atoms with Crippen molar-refractivity contribution in [2.45, 2.75) is 41.0 Å². The molecule has 0 atom stereocenters. The number of hydrogen-bond donors (Lipinski definition) is 0. The van der Waals surface area contributed by atoms with E-state index in [2.05, 4.69) is 84.3 Å². The summed E-state index contributed by atoms with van der Waals surface area (Å²) in [6, 6.07) is 33.0. The van der Waals surface area contributed by atoms with Crippen molar-refractivity contribution < 1.29 is 24.5 Å². The van der Waals surface area contributed by atoms with Crippen molar-refractivity contribution in [2.75, 3.05) is 0 Å². The molecule has 4 heterocycles. The third kappa shape index (κ3) is 6.59. The summed E-state index contributed by atoms with van der Waals surface area (Å²) in [4.78, 5) is 13.4. The van der Waals surface area contributed by atoms with Crippen LogP contribution in [0, 0.1) is 31.4 Å². The van der Waals surface area contributed by atoms with E-state index in [1.807, 2.05) is 74.9 Å². The van der Waals surface area contributed by atoms with Crippen LogP contribution in [-0.2, 0) is 26.5 Å². The van der Waals surface area contributed by atoms with Crippen molar-refractivity contribution in [1.82, 2.24) is 15.0 Å². The Kier molecular flexibility index (Phi) is 8.87. The van der Waals surface area contributed by atoms with E-state index in [0.717, 1.165) is 67.3 Å². The van der Waals surface area contributed by atoms with E-state index in [4.69, 9.17) is 4.42 Å². The number of hydrogen-bond acceptors (Lipinski definition) is 4. The number of aryl methyl sites for hydroxylation is 2. The second-order valence-corrected chi connectivity index (χ2v) is 11.9. The van der Waals surface area contributed by atoms with Crippen LogP contribution in [0.15, 0.2) is 102 Å². The smallest absolute Gasteiger partial charge is 0.128 e. The van der Waals surface area contributed by atoms with Crippen molar-refractivity contribution in [3.63, 3.8) is 0 Å². The van der Waals surface area contributed by atoms with Gasteiger partial charge in [-0.15, -0.1) is 54.1 Å². The first-order chi connectivity index (χ1) is 20.3. The minimum atomic E-state index is 0. The van der Waals surface area contributed by atoms with Crippen molar-refractivity contribution in [2.24, 2.45) is 5.41 Å². The first-order valence-electron chi connectivity index (χ1n) is 14.2. The Bertz CT molecular complexity index is 2010. The molecule has 0 saturated carbocycles. The molecule has 1 radical (unpaired) electrons. The van der Waals surface area contributed by atoms with Crippen molar-refractivity contribution in [1.29, 1.82) is 0 Å². The van der Waals surface area contributed by atoms with E-state index in [-0.39, 0.29) is 25.5 Å². The van der Waals surface area contributed by atoms with E-state index in [9.17, 15) is 0 Å². The molecule has 5 heteroatoms. The van der Waals surface area contributed by atoms with E-state index in [0.29, 0.717) is 0 Å². The summed E-state index contributed by atoms with van der Waals surface area (Å²) in [5.41, 5.74) is 9.25. The second-order valence-electron chi connectivity index (χ2n) is 11.9. The van der Waals surface area contributed by atoms with Gasteiger partial charge >= 0.3 is 0 Å². The van der Waals surface area contributed by atoms with Crippen LogP contribution >= 0.6 is 0 Å². The first-order valence-corrected chi connectivity index (χ1v) is 14.2. The largest absolute Gasteiger partial charge is 0.500 e. The average molecular weight is 740 g/mol. The molecular weight excluding hydrogens is 707 g/mol. The first kappa shape index (κ1) is 30.3. The summed E-state index contributed by atoms with van der Waals surface area (Å²) in [5, 5.41) is 4.41. The molecule has 0 saturated heterocycles. The van der Waals surface area contributed by atoms with Gasteiger partial charge in [-0.25, -0.2) is 0 Å². The topological polar surface area (TPSA) is 51.8 Å². The van der Waals surface area contributed by atoms with Crippen LogP contribution in [0.5, 0.6) is 0 Å². The Morgan fingerprint density at radius 1 is 0.698 bits per heavy atom. The van der Waals surface area contributed by atoms with Crippen LogP contribution in [-0.4, -0.2) is 15.0 Å². The zero-order valence-corrected chi connectivity index (χ0v) is 27.4. The molecule has 4 nitrogen and oxygen atoms in total. The number of benzene rings is 3. The van der Waals surface area contributed by atoms with Gasteiger partial charge in [0.1, 0.15) is 5.58 Å². The van der Waals surface area contributed by atoms with Gasteiger partial charge < -0.3 is 14.4 Å². The van der Waals surface area contributed by atoms with Crippen LogP contribution in [0.2, 0.25) is 0 Å². The molecule has 0 amide bonds. The van der Waals surface area contributed by atoms with Gasteiger partial charge in [-0.3, -0.25) is 4.98 Å². The summed E-state index contributed by atoms with van der Waals surface area (Å²) in [6.07, 6.45) is 6.59. The molecule has 3 aromatic carbocycles. The van der Waals surface area contributed by atoms with Gasteiger partial charge in [-0.2, -0.15) is 0 Å². The molecule has 4 aromatic heterocycles. The van der Waals surface area contributed by atoms with Crippen LogP contribution in [0.1, 0.15) is 37.6 Å². The summed E-state index contributed by atoms with van der Waals surface area (Å²) in [6.45, 7) is 10.8. The molecule has 7 aromatic rings. The maximum Gasteiger partial charge on any atom is 0.128 e. The minimum absolute atomic E-state index is 0. The van der Waals surface area contributed by atoms with E-state index in [1.54, 1.807) is 0 Å². The van der Waals surface area contributed by atoms with Gasteiger partial charge in [-0.05, 0) is 54.8 Å². The normalized spacial score (nSPS) is 11.3. The molecule has 7 rings (SSSR count). The van der Waals surface area contributed by atoms with Crippen molar-refractivity contribution in [3.8, 4) is 22.5 Å². The molecular formula is C38H33IrN3O-2. The zero-order valence-electron chi connectivity index (χ0n) is 25.0. The monoisotopic (exact) mass is 740 g/mol. The standard InChI is InChI=1S/C26H23N2O.C12H10N.Ir/c1-16-18-8-9-20-19-6-5-7-22(25(19)29-24(20)21(18)11-13-27-16)23-14-17(10-12-28-23)15-26(2,3)4;1-10-7-8-12(13-9-10)11-5-3-2-4-6-11;/h5-6,8-14H,15H2,1-4H3;2-5,7-9H,1H3;/q2*-1;. The minimum Gasteiger partial charge on any atom is -0.500 e. The molecule has 0 fully saturated rings. The Morgan fingerprint density at radius 3 is 2.21 bits per heavy atom. The SMILES string of the molecule is Cc1ccc(-c2[c-]cccc2)nc1.Cc1nccc2c1ccc1c3cc[c-]c(-c4cc(CC(C)(C)C)ccn4)c3oc21.[Ir]. The predicted molar refractivity (Wildman–Crippen MR) is 172 cm³/mol. The van der Waals surface area contributed by atoms with Gasteiger partial charge in [0.25, 0.3) is 0 Å². The fourth-order valence-electron chi connectivity index (χ4n) is 5.30. The van der Waals surface area contributed by atoms with E-state index >= 15 is 0 Å². The molecule has 0 bridgehead atoms. The maximum absolute atomic E-state index is 6.45. The number of pyridine rings is 3. The van der Waals surface area contributed by atoms with Crippen molar-refractivity contribution in [3.05, 3.63) is 126 Å². The number of nitrogens with zero attached hydrogens (tertiary/aromatic N) is 3. The third-order valence-electron chi connectivity index (χ3n) is 7.25. The van der Waals surface area contributed by atoms with Gasteiger partial charge in [-0.1, -0.05) is 67.6 Å². The van der Waals surface area contributed by atoms with Gasteiger partial charge in [0, 0.05) is 60.5 Å². The van der Waals surface area contributed by atoms with E-state index < -0.39 is 0 Å². The molecule has 0 unspecified atom stereocenters. The summed E-state index contributed by atoms with van der Waals surface area (Å²) in [5.74, 6) is 0. The second kappa shape index (κ2) is 12.6. The number of fused-ring (bicyclic) bond motifs is 5. The Hall–Kier alpha value is -4.18. The number of aromatic nitrogens is 3.